The summed E-state index contributed by atoms with van der Waals surface area (Å²) in [4.78, 5) is 15.0. The highest BCUT2D eigenvalue weighted by molar-refractivity contribution is 5.70. The molecule has 8 heteroatoms. The van der Waals surface area contributed by atoms with Gasteiger partial charge in [0, 0.05) is 38.3 Å². The van der Waals surface area contributed by atoms with Gasteiger partial charge in [-0.2, -0.15) is 13.2 Å². The second-order valence-electron chi connectivity index (χ2n) is 6.94. The van der Waals surface area contributed by atoms with E-state index in [9.17, 15) is 18.0 Å². The number of hydrogen-bond donors (Lipinski definition) is 1. The summed E-state index contributed by atoms with van der Waals surface area (Å²) in [6.45, 7) is 8.12. The van der Waals surface area contributed by atoms with Gasteiger partial charge in [0.25, 0.3) is 0 Å². The van der Waals surface area contributed by atoms with E-state index in [1.165, 1.54) is 9.80 Å². The van der Waals surface area contributed by atoms with Gasteiger partial charge in [0.2, 0.25) is 0 Å². The highest BCUT2D eigenvalue weighted by Crippen LogP contribution is 2.33. The molecule has 128 valence electrons. The van der Waals surface area contributed by atoms with Crippen molar-refractivity contribution in [1.29, 1.82) is 0 Å². The van der Waals surface area contributed by atoms with Gasteiger partial charge in [-0.1, -0.05) is 0 Å². The van der Waals surface area contributed by atoms with Gasteiger partial charge >= 0.3 is 12.3 Å². The first-order chi connectivity index (χ1) is 10.0. The lowest BCUT2D eigenvalue weighted by Crippen LogP contribution is -2.73. The molecule has 2 aliphatic heterocycles. The molecule has 0 aromatic carbocycles. The molecule has 1 amide bonds. The van der Waals surface area contributed by atoms with Crippen LogP contribution in [-0.4, -0.2) is 72.0 Å². The highest BCUT2D eigenvalue weighted by atomic mass is 19.4. The Balaban J connectivity index is 1.99. The van der Waals surface area contributed by atoms with Gasteiger partial charge < -0.3 is 15.0 Å². The predicted molar refractivity (Wildman–Crippen MR) is 75.6 cm³/mol. The molecule has 0 aromatic rings. The van der Waals surface area contributed by atoms with Crippen molar-refractivity contribution in [2.75, 3.05) is 26.2 Å². The van der Waals surface area contributed by atoms with Crippen LogP contribution < -0.4 is 5.32 Å². The zero-order chi connectivity index (χ0) is 16.7. The molecule has 1 unspecified atom stereocenters. The number of ether oxygens (including phenoxy) is 1. The monoisotopic (exact) mass is 323 g/mol. The standard InChI is InChI=1S/C14H24F3N3O2/c1-9-10(8-20(9)12(21)22-13(2,3)4)19-6-5-18-7-11(19)14(15,16)17/h9-11,18H,5-8H2,1-4H3/t9-,10-,11?/m1/s1. The van der Waals surface area contributed by atoms with Gasteiger partial charge in [-0.05, 0) is 27.7 Å². The van der Waals surface area contributed by atoms with Crippen molar-refractivity contribution >= 4 is 6.09 Å². The zero-order valence-corrected chi connectivity index (χ0v) is 13.4. The molecule has 0 aromatic heterocycles. The van der Waals surface area contributed by atoms with E-state index in [1.807, 2.05) is 0 Å². The van der Waals surface area contributed by atoms with Gasteiger partial charge in [0.05, 0.1) is 0 Å². The molecule has 0 radical (unpaired) electrons. The number of carbonyl (C=O) groups is 1. The van der Waals surface area contributed by atoms with Crippen LogP contribution in [0, 0.1) is 0 Å². The molecule has 0 spiro atoms. The Morgan fingerprint density at radius 1 is 1.27 bits per heavy atom. The van der Waals surface area contributed by atoms with Crippen LogP contribution in [-0.2, 0) is 4.74 Å². The maximum atomic E-state index is 13.1. The third-order valence-electron chi connectivity index (χ3n) is 4.15. The molecule has 0 aliphatic carbocycles. The average Bonchev–Trinajstić information content (AvgIpc) is 2.34. The van der Waals surface area contributed by atoms with Crippen LogP contribution in [0.5, 0.6) is 0 Å². The molecule has 2 aliphatic rings. The van der Waals surface area contributed by atoms with Crippen LogP contribution in [0.3, 0.4) is 0 Å². The summed E-state index contributed by atoms with van der Waals surface area (Å²) in [6.07, 6.45) is -4.73. The molecule has 2 fully saturated rings. The van der Waals surface area contributed by atoms with E-state index in [-0.39, 0.29) is 25.2 Å². The van der Waals surface area contributed by atoms with Crippen LogP contribution in [0.2, 0.25) is 0 Å². The fourth-order valence-corrected chi connectivity index (χ4v) is 2.95. The lowest BCUT2D eigenvalue weighted by Gasteiger charge is -2.54. The summed E-state index contributed by atoms with van der Waals surface area (Å²) in [5.74, 6) is 0. The second-order valence-corrected chi connectivity index (χ2v) is 6.94. The maximum Gasteiger partial charge on any atom is 0.410 e. The van der Waals surface area contributed by atoms with E-state index < -0.39 is 23.9 Å². The number of nitrogens with one attached hydrogen (secondary N) is 1. The van der Waals surface area contributed by atoms with Crippen molar-refractivity contribution < 1.29 is 22.7 Å². The fourth-order valence-electron chi connectivity index (χ4n) is 2.95. The third-order valence-corrected chi connectivity index (χ3v) is 4.15. The Hall–Kier alpha value is -1.02. The minimum Gasteiger partial charge on any atom is -0.444 e. The molecular weight excluding hydrogens is 299 g/mol. The summed E-state index contributed by atoms with van der Waals surface area (Å²) >= 11 is 0. The molecule has 0 bridgehead atoms. The smallest absolute Gasteiger partial charge is 0.410 e. The SMILES string of the molecule is C[C@@H]1[C@H](N2CCNCC2C(F)(F)F)CN1C(=O)OC(C)(C)C. The number of alkyl halides is 3. The maximum absolute atomic E-state index is 13.1. The van der Waals surface area contributed by atoms with E-state index in [4.69, 9.17) is 4.74 Å². The minimum absolute atomic E-state index is 0.0981. The number of amides is 1. The quantitative estimate of drug-likeness (QED) is 0.800. The normalized spacial score (nSPS) is 30.9. The van der Waals surface area contributed by atoms with E-state index in [0.29, 0.717) is 13.1 Å². The number of rotatable bonds is 1. The lowest BCUT2D eigenvalue weighted by molar-refractivity contribution is -0.204. The van der Waals surface area contributed by atoms with Crippen LogP contribution in [0.1, 0.15) is 27.7 Å². The summed E-state index contributed by atoms with van der Waals surface area (Å²) in [5, 5.41) is 2.79. The molecule has 2 heterocycles. The zero-order valence-electron chi connectivity index (χ0n) is 13.4. The first kappa shape index (κ1) is 17.3. The molecule has 22 heavy (non-hydrogen) atoms. The van der Waals surface area contributed by atoms with Crippen LogP contribution >= 0.6 is 0 Å². The number of halogens is 3. The lowest BCUT2D eigenvalue weighted by atomic mass is 9.94. The molecule has 2 rings (SSSR count). The van der Waals surface area contributed by atoms with Crippen molar-refractivity contribution in [3.05, 3.63) is 0 Å². The molecular formula is C14H24F3N3O2. The summed E-state index contributed by atoms with van der Waals surface area (Å²) in [7, 11) is 0. The van der Waals surface area contributed by atoms with Crippen molar-refractivity contribution in [1.82, 2.24) is 15.1 Å². The first-order valence-electron chi connectivity index (χ1n) is 7.53. The van der Waals surface area contributed by atoms with Crippen LogP contribution in [0.4, 0.5) is 18.0 Å². The predicted octanol–water partition coefficient (Wildman–Crippen LogP) is 1.83. The van der Waals surface area contributed by atoms with Crippen molar-refractivity contribution in [3.8, 4) is 0 Å². The van der Waals surface area contributed by atoms with Gasteiger partial charge in [-0.25, -0.2) is 4.79 Å². The topological polar surface area (TPSA) is 44.8 Å². The van der Waals surface area contributed by atoms with Crippen molar-refractivity contribution in [2.45, 2.75) is 57.6 Å². The summed E-state index contributed by atoms with van der Waals surface area (Å²) < 4.78 is 44.7. The van der Waals surface area contributed by atoms with E-state index in [1.54, 1.807) is 27.7 Å². The molecule has 1 N–H and O–H groups in total. The van der Waals surface area contributed by atoms with E-state index in [0.717, 1.165) is 0 Å². The molecule has 0 saturated carbocycles. The highest BCUT2D eigenvalue weighted by Gasteiger charge is 2.52. The van der Waals surface area contributed by atoms with Crippen LogP contribution in [0.25, 0.3) is 0 Å². The third kappa shape index (κ3) is 3.65. The Labute approximate surface area is 128 Å². The minimum atomic E-state index is -4.26. The Bertz CT molecular complexity index is 423. The number of likely N-dealkylation sites (tertiary alicyclic amines) is 1. The summed E-state index contributed by atoms with van der Waals surface area (Å²) in [6, 6.07) is -2.05. The van der Waals surface area contributed by atoms with Crippen molar-refractivity contribution in [2.24, 2.45) is 0 Å². The first-order valence-corrected chi connectivity index (χ1v) is 7.53. The Kier molecular flexibility index (Phi) is 4.64. The average molecular weight is 323 g/mol. The number of carbonyl (C=O) groups excluding carboxylic acids is 1. The Morgan fingerprint density at radius 3 is 2.41 bits per heavy atom. The van der Waals surface area contributed by atoms with Gasteiger partial charge in [-0.3, -0.25) is 4.90 Å². The van der Waals surface area contributed by atoms with Gasteiger partial charge in [-0.15, -0.1) is 0 Å². The van der Waals surface area contributed by atoms with E-state index >= 15 is 0 Å². The Morgan fingerprint density at radius 2 is 1.91 bits per heavy atom. The second kappa shape index (κ2) is 5.88. The summed E-state index contributed by atoms with van der Waals surface area (Å²) in [5.41, 5.74) is -0.606. The van der Waals surface area contributed by atoms with E-state index in [2.05, 4.69) is 5.32 Å². The fraction of sp³-hybridized carbons (Fsp3) is 0.929. The molecule has 3 atom stereocenters. The molecule has 2 saturated heterocycles. The van der Waals surface area contributed by atoms with Gasteiger partial charge in [0.1, 0.15) is 11.6 Å². The van der Waals surface area contributed by atoms with Gasteiger partial charge in [0.15, 0.2) is 0 Å². The largest absolute Gasteiger partial charge is 0.444 e. The number of piperazine rings is 1. The number of hydrogen-bond acceptors (Lipinski definition) is 4. The molecule has 5 nitrogen and oxygen atoms in total. The van der Waals surface area contributed by atoms with Crippen molar-refractivity contribution in [3.63, 3.8) is 0 Å². The number of nitrogens with zero attached hydrogens (tertiary/aromatic N) is 2. The van der Waals surface area contributed by atoms with Crippen LogP contribution in [0.15, 0.2) is 0 Å².